The second kappa shape index (κ2) is 16.4. The van der Waals surface area contributed by atoms with Crippen LogP contribution in [0, 0.1) is 0 Å². The second-order valence-electron chi connectivity index (χ2n) is 17.1. The molecular formula is C63H40N4O. The minimum absolute atomic E-state index is 0.580. The van der Waals surface area contributed by atoms with Gasteiger partial charge in [0.1, 0.15) is 11.2 Å². The lowest BCUT2D eigenvalue weighted by atomic mass is 9.88. The van der Waals surface area contributed by atoms with Crippen LogP contribution in [-0.4, -0.2) is 19.5 Å². The number of aromatic nitrogens is 4. The zero-order chi connectivity index (χ0) is 45.0. The van der Waals surface area contributed by atoms with Gasteiger partial charge in [0, 0.05) is 43.9 Å². The molecule has 0 saturated heterocycles. The highest BCUT2D eigenvalue weighted by atomic mass is 16.3. The molecule has 5 heteroatoms. The highest BCUT2D eigenvalue weighted by Gasteiger charge is 2.22. The number of rotatable bonds is 8. The highest BCUT2D eigenvalue weighted by Crippen LogP contribution is 2.44. The number of hydrogen-bond donors (Lipinski definition) is 0. The summed E-state index contributed by atoms with van der Waals surface area (Å²) >= 11 is 0. The van der Waals surface area contributed by atoms with E-state index in [1.165, 1.54) is 16.3 Å². The maximum atomic E-state index is 6.84. The fourth-order valence-corrected chi connectivity index (χ4v) is 9.89. The van der Waals surface area contributed by atoms with Gasteiger partial charge in [-0.1, -0.05) is 188 Å². The largest absolute Gasteiger partial charge is 0.456 e. The fraction of sp³-hybridized carbons (Fsp3) is 0. The highest BCUT2D eigenvalue weighted by molar-refractivity contribution is 6.27. The van der Waals surface area contributed by atoms with Gasteiger partial charge in [-0.15, -0.1) is 0 Å². The summed E-state index contributed by atoms with van der Waals surface area (Å²) in [5.74, 6) is 1.79. The molecule has 3 aromatic heterocycles. The molecule has 0 amide bonds. The third-order valence-corrected chi connectivity index (χ3v) is 13.1. The van der Waals surface area contributed by atoms with Crippen molar-refractivity contribution < 1.29 is 4.42 Å². The standard InChI is InChI=1S/C63H40N4O/c1-6-18-41(19-7-1)45-30-33-49(53(38-45)42-20-8-2-9-21-42)46-31-34-50(54(39-46)63-65-61(43-22-10-3-11-23-43)64-62(66-63)44-24-12-4-13-25-44)47-32-35-52-58(40-47)68-57-37-36-56-59(60(52)57)51-28-16-17-29-55(51)67(56)48-26-14-5-15-27-48/h1-40H. The lowest BCUT2D eigenvalue weighted by Gasteiger charge is -2.17. The predicted octanol–water partition coefficient (Wildman–Crippen LogP) is 16.5. The van der Waals surface area contributed by atoms with Crippen LogP contribution in [0.2, 0.25) is 0 Å². The minimum atomic E-state index is 0.580. The molecule has 318 valence electrons. The van der Waals surface area contributed by atoms with Gasteiger partial charge in [0.25, 0.3) is 0 Å². The summed E-state index contributed by atoms with van der Waals surface area (Å²) in [5, 5.41) is 4.53. The Kier molecular flexibility index (Phi) is 9.43. The lowest BCUT2D eigenvalue weighted by Crippen LogP contribution is -2.01. The molecule has 3 heterocycles. The Morgan fingerprint density at radius 1 is 0.279 bits per heavy atom. The van der Waals surface area contributed by atoms with Crippen LogP contribution in [0.3, 0.4) is 0 Å². The zero-order valence-corrected chi connectivity index (χ0v) is 36.8. The Labute approximate surface area is 392 Å². The maximum Gasteiger partial charge on any atom is 0.164 e. The molecule has 0 unspecified atom stereocenters. The van der Waals surface area contributed by atoms with Gasteiger partial charge in [-0.05, 0) is 99.1 Å². The first-order valence-electron chi connectivity index (χ1n) is 22.9. The van der Waals surface area contributed by atoms with Crippen molar-refractivity contribution in [3.05, 3.63) is 243 Å². The molecule has 5 nitrogen and oxygen atoms in total. The molecule has 13 rings (SSSR count). The SMILES string of the molecule is c1ccc(-c2ccc(-c3ccc(-c4ccc5c(c4)oc4ccc6c(c7ccccc7n6-c6ccccc6)c45)c(-c4nc(-c5ccccc5)nc(-c5ccccc5)n4)c3)c(-c3ccccc3)c2)cc1. The smallest absolute Gasteiger partial charge is 0.164 e. The van der Waals surface area contributed by atoms with Gasteiger partial charge < -0.3 is 8.98 Å². The number of nitrogens with zero attached hydrogens (tertiary/aromatic N) is 4. The van der Waals surface area contributed by atoms with E-state index in [-0.39, 0.29) is 0 Å². The molecule has 10 aromatic carbocycles. The van der Waals surface area contributed by atoms with Crippen LogP contribution in [0.1, 0.15) is 0 Å². The Bertz CT molecular complexity index is 3940. The quantitative estimate of drug-likeness (QED) is 0.153. The van der Waals surface area contributed by atoms with Crippen molar-refractivity contribution in [2.75, 3.05) is 0 Å². The molecule has 0 atom stereocenters. The molecule has 0 spiro atoms. The van der Waals surface area contributed by atoms with Crippen LogP contribution in [0.4, 0.5) is 0 Å². The van der Waals surface area contributed by atoms with Crippen molar-refractivity contribution in [2.45, 2.75) is 0 Å². The summed E-state index contributed by atoms with van der Waals surface area (Å²) in [5.41, 5.74) is 16.5. The van der Waals surface area contributed by atoms with Crippen LogP contribution in [0.15, 0.2) is 247 Å². The predicted molar refractivity (Wildman–Crippen MR) is 279 cm³/mol. The van der Waals surface area contributed by atoms with Gasteiger partial charge >= 0.3 is 0 Å². The summed E-state index contributed by atoms with van der Waals surface area (Å²) < 4.78 is 9.19. The molecule has 0 aliphatic rings. The molecule has 0 aliphatic carbocycles. The van der Waals surface area contributed by atoms with Gasteiger partial charge in [0.15, 0.2) is 17.5 Å². The summed E-state index contributed by atoms with van der Waals surface area (Å²) in [6.07, 6.45) is 0. The van der Waals surface area contributed by atoms with Crippen molar-refractivity contribution in [3.63, 3.8) is 0 Å². The molecule has 0 N–H and O–H groups in total. The third kappa shape index (κ3) is 6.76. The van der Waals surface area contributed by atoms with Gasteiger partial charge in [-0.3, -0.25) is 0 Å². The third-order valence-electron chi connectivity index (χ3n) is 13.1. The lowest BCUT2D eigenvalue weighted by molar-refractivity contribution is 0.669. The molecule has 0 saturated carbocycles. The van der Waals surface area contributed by atoms with Gasteiger partial charge in [0.2, 0.25) is 0 Å². The van der Waals surface area contributed by atoms with E-state index in [0.29, 0.717) is 17.5 Å². The van der Waals surface area contributed by atoms with E-state index < -0.39 is 0 Å². The van der Waals surface area contributed by atoms with Crippen LogP contribution < -0.4 is 0 Å². The van der Waals surface area contributed by atoms with Crippen molar-refractivity contribution in [1.82, 2.24) is 19.5 Å². The zero-order valence-electron chi connectivity index (χ0n) is 36.8. The summed E-state index contributed by atoms with van der Waals surface area (Å²) in [4.78, 5) is 15.7. The number of furan rings is 1. The van der Waals surface area contributed by atoms with E-state index in [1.807, 2.05) is 36.4 Å². The molecule has 0 fully saturated rings. The average molecular weight is 869 g/mol. The molecule has 0 radical (unpaired) electrons. The van der Waals surface area contributed by atoms with Crippen LogP contribution >= 0.6 is 0 Å². The minimum Gasteiger partial charge on any atom is -0.456 e. The first-order chi connectivity index (χ1) is 33.7. The normalized spacial score (nSPS) is 11.5. The van der Waals surface area contributed by atoms with Crippen LogP contribution in [0.5, 0.6) is 0 Å². The Hall–Kier alpha value is -9.19. The van der Waals surface area contributed by atoms with Crippen molar-refractivity contribution in [3.8, 4) is 84.4 Å². The fourth-order valence-electron chi connectivity index (χ4n) is 9.89. The summed E-state index contributed by atoms with van der Waals surface area (Å²) in [6, 6.07) is 85.1. The monoisotopic (exact) mass is 868 g/mol. The molecule has 0 bridgehead atoms. The first-order valence-corrected chi connectivity index (χ1v) is 22.9. The van der Waals surface area contributed by atoms with E-state index in [4.69, 9.17) is 19.4 Å². The molecule has 68 heavy (non-hydrogen) atoms. The average Bonchev–Trinajstić information content (AvgIpc) is 3.97. The molecular weight excluding hydrogens is 829 g/mol. The maximum absolute atomic E-state index is 6.84. The number of benzene rings is 10. The number of hydrogen-bond acceptors (Lipinski definition) is 4. The molecule has 13 aromatic rings. The van der Waals surface area contributed by atoms with E-state index in [0.717, 1.165) is 94.3 Å². The summed E-state index contributed by atoms with van der Waals surface area (Å²) in [6.45, 7) is 0. The second-order valence-corrected chi connectivity index (χ2v) is 17.1. The Morgan fingerprint density at radius 3 is 1.47 bits per heavy atom. The topological polar surface area (TPSA) is 56.7 Å². The van der Waals surface area contributed by atoms with E-state index in [9.17, 15) is 0 Å². The van der Waals surface area contributed by atoms with Gasteiger partial charge in [0.05, 0.1) is 11.0 Å². The van der Waals surface area contributed by atoms with Gasteiger partial charge in [-0.2, -0.15) is 0 Å². The van der Waals surface area contributed by atoms with Crippen molar-refractivity contribution >= 4 is 43.7 Å². The number of fused-ring (bicyclic) bond motifs is 7. The van der Waals surface area contributed by atoms with E-state index in [1.54, 1.807) is 0 Å². The number of para-hydroxylation sites is 2. The van der Waals surface area contributed by atoms with Gasteiger partial charge in [-0.25, -0.2) is 15.0 Å². The van der Waals surface area contributed by atoms with E-state index in [2.05, 4.69) is 211 Å². The Balaban J connectivity index is 1.04. The van der Waals surface area contributed by atoms with Crippen LogP contribution in [0.25, 0.3) is 128 Å². The van der Waals surface area contributed by atoms with E-state index >= 15 is 0 Å². The summed E-state index contributed by atoms with van der Waals surface area (Å²) in [7, 11) is 0. The Morgan fingerprint density at radius 2 is 0.794 bits per heavy atom. The molecule has 0 aliphatic heterocycles. The van der Waals surface area contributed by atoms with Crippen LogP contribution in [-0.2, 0) is 0 Å². The van der Waals surface area contributed by atoms with Crippen molar-refractivity contribution in [1.29, 1.82) is 0 Å². The first kappa shape index (κ1) is 39.2. The van der Waals surface area contributed by atoms with Crippen molar-refractivity contribution in [2.24, 2.45) is 0 Å².